The number of rotatable bonds is 1. The average molecular weight is 163 g/mol. The van der Waals surface area contributed by atoms with E-state index in [4.69, 9.17) is 1.37 Å². The Kier molecular flexibility index (Phi) is 1.53. The molecular formula is C11H15N. The molecule has 0 aromatic heterocycles. The molecule has 1 heterocycles. The van der Waals surface area contributed by atoms with Crippen LogP contribution in [-0.2, 0) is 6.42 Å². The van der Waals surface area contributed by atoms with Crippen molar-refractivity contribution in [3.63, 3.8) is 0 Å². The Bertz CT molecular complexity index is 320. The molecule has 0 N–H and O–H groups in total. The van der Waals surface area contributed by atoms with Crippen LogP contribution in [0.4, 0.5) is 5.69 Å². The summed E-state index contributed by atoms with van der Waals surface area (Å²) >= 11 is 0. The van der Waals surface area contributed by atoms with E-state index >= 15 is 0 Å². The summed E-state index contributed by atoms with van der Waals surface area (Å²) in [6, 6.07) is 7.10. The summed E-state index contributed by atoms with van der Waals surface area (Å²) < 4.78 is 7.57. The van der Waals surface area contributed by atoms with Gasteiger partial charge in [0, 0.05) is 18.3 Å². The van der Waals surface area contributed by atoms with Crippen molar-refractivity contribution in [3.05, 3.63) is 29.8 Å². The summed E-state index contributed by atoms with van der Waals surface area (Å²) in [6.45, 7) is 5.51. The Labute approximate surface area is 75.4 Å². The third-order valence-corrected chi connectivity index (χ3v) is 2.48. The monoisotopic (exact) mass is 163 g/mol. The molecule has 0 saturated carbocycles. The fourth-order valence-electron chi connectivity index (χ4n) is 1.83. The van der Waals surface area contributed by atoms with Crippen LogP contribution in [0, 0.1) is 0 Å². The minimum Gasteiger partial charge on any atom is -0.369 e. The van der Waals surface area contributed by atoms with E-state index in [1.807, 2.05) is 12.1 Å². The van der Waals surface area contributed by atoms with Crippen LogP contribution in [0.3, 0.4) is 0 Å². The van der Waals surface area contributed by atoms with E-state index in [0.717, 1.165) is 13.0 Å². The molecule has 2 rings (SSSR count). The lowest BCUT2D eigenvalue weighted by Gasteiger charge is -2.23. The van der Waals surface area contributed by atoms with Crippen LogP contribution >= 0.6 is 0 Å². The molecular weight excluding hydrogens is 146 g/mol. The third kappa shape index (κ3) is 1.09. The van der Waals surface area contributed by atoms with Gasteiger partial charge in [-0.25, -0.2) is 0 Å². The zero-order valence-corrected chi connectivity index (χ0v) is 7.67. The zero-order valence-electron chi connectivity index (χ0n) is 8.67. The topological polar surface area (TPSA) is 3.24 Å². The largest absolute Gasteiger partial charge is 0.369 e. The zero-order chi connectivity index (χ0) is 9.42. The number of hydrogen-bond acceptors (Lipinski definition) is 1. The van der Waals surface area contributed by atoms with Crippen LogP contribution in [0.15, 0.2) is 24.2 Å². The van der Waals surface area contributed by atoms with Gasteiger partial charge in [0.25, 0.3) is 0 Å². The van der Waals surface area contributed by atoms with Crippen molar-refractivity contribution >= 4 is 5.69 Å². The summed E-state index contributed by atoms with van der Waals surface area (Å²) in [5, 5.41) is 0. The van der Waals surface area contributed by atoms with Crippen molar-refractivity contribution in [1.82, 2.24) is 0 Å². The Balaban J connectivity index is 2.40. The molecule has 12 heavy (non-hydrogen) atoms. The van der Waals surface area contributed by atoms with E-state index in [1.54, 1.807) is 0 Å². The van der Waals surface area contributed by atoms with Gasteiger partial charge < -0.3 is 4.90 Å². The van der Waals surface area contributed by atoms with Gasteiger partial charge in [-0.1, -0.05) is 18.2 Å². The van der Waals surface area contributed by atoms with Gasteiger partial charge >= 0.3 is 0 Å². The fraction of sp³-hybridized carbons (Fsp3) is 0.455. The second-order valence-corrected chi connectivity index (χ2v) is 3.59. The molecule has 1 aromatic rings. The molecule has 1 heteroatoms. The average Bonchev–Trinajstić information content (AvgIpc) is 2.46. The lowest BCUT2D eigenvalue weighted by Crippen LogP contribution is -2.28. The first-order valence-corrected chi connectivity index (χ1v) is 4.54. The van der Waals surface area contributed by atoms with Gasteiger partial charge in [-0.15, -0.1) is 0 Å². The van der Waals surface area contributed by atoms with E-state index < -0.39 is 0 Å². The Morgan fingerprint density at radius 1 is 1.50 bits per heavy atom. The minimum absolute atomic E-state index is 0.544. The molecule has 0 unspecified atom stereocenters. The van der Waals surface area contributed by atoms with Crippen LogP contribution in [-0.4, -0.2) is 12.6 Å². The normalized spacial score (nSPS) is 16.6. The second kappa shape index (κ2) is 2.81. The lowest BCUT2D eigenvalue weighted by molar-refractivity contribution is 0.710. The summed E-state index contributed by atoms with van der Waals surface area (Å²) in [5.74, 6) is 0. The molecule has 0 atom stereocenters. The van der Waals surface area contributed by atoms with E-state index in [1.165, 1.54) is 11.3 Å². The van der Waals surface area contributed by atoms with Crippen LogP contribution in [0.25, 0.3) is 0 Å². The smallest absolute Gasteiger partial charge is 0.0623 e. The van der Waals surface area contributed by atoms with Gasteiger partial charge in [-0.05, 0) is 31.9 Å². The van der Waals surface area contributed by atoms with Gasteiger partial charge in [0.1, 0.15) is 0 Å². The maximum Gasteiger partial charge on any atom is 0.0623 e. The highest BCUT2D eigenvalue weighted by Gasteiger charge is 2.19. The van der Waals surface area contributed by atoms with E-state index in [2.05, 4.69) is 24.8 Å². The van der Waals surface area contributed by atoms with E-state index in [9.17, 15) is 0 Å². The molecule has 0 bridgehead atoms. The highest BCUT2D eigenvalue weighted by Crippen LogP contribution is 2.28. The molecule has 1 nitrogen and oxygen atoms in total. The van der Waals surface area contributed by atoms with Crippen LogP contribution in [0.2, 0.25) is 0 Å². The second-order valence-electron chi connectivity index (χ2n) is 3.59. The van der Waals surface area contributed by atoms with Crippen molar-refractivity contribution in [2.75, 3.05) is 11.4 Å². The summed E-state index contributed by atoms with van der Waals surface area (Å²) in [5.41, 5.74) is 2.66. The quantitative estimate of drug-likeness (QED) is 0.614. The van der Waals surface area contributed by atoms with Gasteiger partial charge in [-0.2, -0.15) is 0 Å². The molecule has 0 amide bonds. The molecule has 0 aliphatic carbocycles. The number of para-hydroxylation sites is 1. The number of hydrogen-bond donors (Lipinski definition) is 0. The highest BCUT2D eigenvalue weighted by atomic mass is 15.2. The standard InChI is InChI=1S/C11H15N/c1-9(2)12-8-7-10-5-3-4-6-11(10)12/h3-6,9H,7-8H2,1-2H3/i4T. The summed E-state index contributed by atoms with van der Waals surface area (Å²) in [4.78, 5) is 2.37. The molecule has 0 fully saturated rings. The Morgan fingerprint density at radius 2 is 2.33 bits per heavy atom. The first kappa shape index (κ1) is 6.53. The van der Waals surface area contributed by atoms with Crippen LogP contribution in [0.1, 0.15) is 20.8 Å². The first-order chi connectivity index (χ1) is 6.18. The maximum absolute atomic E-state index is 7.57. The van der Waals surface area contributed by atoms with Crippen molar-refractivity contribution < 1.29 is 1.37 Å². The van der Waals surface area contributed by atoms with E-state index in [-0.39, 0.29) is 0 Å². The first-order valence-electron chi connectivity index (χ1n) is 5.04. The maximum atomic E-state index is 7.57. The van der Waals surface area contributed by atoms with Crippen molar-refractivity contribution in [2.45, 2.75) is 26.3 Å². The lowest BCUT2D eigenvalue weighted by atomic mass is 10.2. The number of nitrogens with zero attached hydrogens (tertiary/aromatic N) is 1. The highest BCUT2D eigenvalue weighted by molar-refractivity contribution is 5.58. The molecule has 64 valence electrons. The van der Waals surface area contributed by atoms with Crippen molar-refractivity contribution in [1.29, 1.82) is 0 Å². The molecule has 0 spiro atoms. The fourth-order valence-corrected chi connectivity index (χ4v) is 1.83. The van der Waals surface area contributed by atoms with Gasteiger partial charge in [0.2, 0.25) is 0 Å². The van der Waals surface area contributed by atoms with E-state index in [0.29, 0.717) is 12.1 Å². The minimum atomic E-state index is 0.544. The molecule has 1 aromatic carbocycles. The third-order valence-electron chi connectivity index (χ3n) is 2.48. The molecule has 0 saturated heterocycles. The number of anilines is 1. The molecule has 1 aliphatic heterocycles. The van der Waals surface area contributed by atoms with Gasteiger partial charge in [0.05, 0.1) is 1.37 Å². The number of fused-ring (bicyclic) bond motifs is 1. The summed E-state index contributed by atoms with van der Waals surface area (Å²) in [7, 11) is 0. The van der Waals surface area contributed by atoms with Crippen molar-refractivity contribution in [2.24, 2.45) is 0 Å². The van der Waals surface area contributed by atoms with Crippen LogP contribution in [0.5, 0.6) is 0 Å². The molecule has 0 radical (unpaired) electrons. The van der Waals surface area contributed by atoms with Gasteiger partial charge in [0.15, 0.2) is 0 Å². The van der Waals surface area contributed by atoms with Crippen LogP contribution < -0.4 is 4.90 Å². The SMILES string of the molecule is [3H]c1ccc2c(c1)N(C(C)C)CC2. The Hall–Kier alpha value is -0.980. The number of benzene rings is 1. The molecule has 1 aliphatic rings. The Morgan fingerprint density at radius 3 is 3.08 bits per heavy atom. The van der Waals surface area contributed by atoms with Gasteiger partial charge in [-0.3, -0.25) is 0 Å². The van der Waals surface area contributed by atoms with Crippen molar-refractivity contribution in [3.8, 4) is 0 Å². The predicted molar refractivity (Wildman–Crippen MR) is 52.6 cm³/mol. The predicted octanol–water partition coefficient (Wildman–Crippen LogP) is 2.46. The summed E-state index contributed by atoms with van der Waals surface area (Å²) in [6.07, 6.45) is 1.13.